The molecule has 0 aliphatic heterocycles. The molecular weight excluding hydrogens is 340 g/mol. The molecule has 25 heavy (non-hydrogen) atoms. The summed E-state index contributed by atoms with van der Waals surface area (Å²) in [6, 6.07) is 1.27. The molecule has 0 saturated heterocycles. The number of rotatable bonds is 5. The Kier molecular flexibility index (Phi) is 4.22. The van der Waals surface area contributed by atoms with Gasteiger partial charge in [-0.15, -0.1) is 0 Å². The van der Waals surface area contributed by atoms with Crippen LogP contribution in [0.1, 0.15) is 34.2 Å². The maximum Gasteiger partial charge on any atom is 0.710 e. The number of hydrogen-bond acceptors (Lipinski definition) is 8. The highest BCUT2D eigenvalue weighted by Gasteiger charge is 2.76. The summed E-state index contributed by atoms with van der Waals surface area (Å²) in [5.74, 6) is -5.66. The molecule has 12 nitrogen and oxygen atoms in total. The molecule has 0 aromatic heterocycles. The molecule has 0 N–H and O–H groups in total. The molecule has 1 aromatic rings. The van der Waals surface area contributed by atoms with Gasteiger partial charge in [0.25, 0.3) is 6.04 Å². The first-order valence-corrected chi connectivity index (χ1v) is 6.91. The van der Waals surface area contributed by atoms with Gasteiger partial charge in [-0.3, -0.25) is 40.5 Å². The summed E-state index contributed by atoms with van der Waals surface area (Å²) in [4.78, 5) is 39.8. The topological polar surface area (TPSA) is 173 Å². The van der Waals surface area contributed by atoms with Crippen LogP contribution in [0.5, 0.6) is 0 Å². The zero-order valence-corrected chi connectivity index (χ0v) is 13.0. The van der Waals surface area contributed by atoms with Crippen molar-refractivity contribution < 1.29 is 19.7 Å². The van der Waals surface area contributed by atoms with Crippen molar-refractivity contribution in [2.24, 2.45) is 0 Å². The molecule has 2 atom stereocenters. The van der Waals surface area contributed by atoms with Gasteiger partial charge in [0.1, 0.15) is 0 Å². The lowest BCUT2D eigenvalue weighted by molar-refractivity contribution is -0.972. The van der Waals surface area contributed by atoms with E-state index in [0.29, 0.717) is 11.1 Å². The monoisotopic (exact) mass is 352 g/mol. The van der Waals surface area contributed by atoms with Gasteiger partial charge in [-0.25, -0.2) is 0 Å². The standard InChI is InChI=1S/C13H12N4O8/c1-7-5-9-10(6-8(7)2)12(14(18)19)4-3-11(9)13(15(20)21,16(22)23)17(24)25/h3-6,11-12H,1-2H3/t11-,12+/m1/s1. The van der Waals surface area contributed by atoms with Crippen molar-refractivity contribution in [3.63, 3.8) is 0 Å². The van der Waals surface area contributed by atoms with Crippen molar-refractivity contribution in [2.45, 2.75) is 31.6 Å². The third-order valence-corrected chi connectivity index (χ3v) is 4.29. The summed E-state index contributed by atoms with van der Waals surface area (Å²) in [6.07, 6.45) is 1.71. The lowest BCUT2D eigenvalue weighted by Crippen LogP contribution is -2.57. The van der Waals surface area contributed by atoms with Crippen molar-refractivity contribution in [1.29, 1.82) is 0 Å². The molecule has 1 aromatic carbocycles. The highest BCUT2D eigenvalue weighted by atomic mass is 16.7. The minimum Gasteiger partial charge on any atom is -0.264 e. The Bertz CT molecular complexity index is 798. The molecule has 0 saturated carbocycles. The fourth-order valence-corrected chi connectivity index (χ4v) is 2.87. The lowest BCUT2D eigenvalue weighted by atomic mass is 9.80. The zero-order valence-electron chi connectivity index (χ0n) is 13.0. The number of hydrogen-bond donors (Lipinski definition) is 0. The van der Waals surface area contributed by atoms with Gasteiger partial charge in [0.15, 0.2) is 14.8 Å². The van der Waals surface area contributed by atoms with Crippen molar-refractivity contribution >= 4 is 0 Å². The van der Waals surface area contributed by atoms with Gasteiger partial charge in [0.2, 0.25) is 5.92 Å². The maximum atomic E-state index is 11.3. The Morgan fingerprint density at radius 1 is 0.800 bits per heavy atom. The molecule has 0 fully saturated rings. The number of aryl methyl sites for hydroxylation is 2. The Morgan fingerprint density at radius 2 is 1.24 bits per heavy atom. The summed E-state index contributed by atoms with van der Waals surface area (Å²) in [5, 5.41) is 45.2. The summed E-state index contributed by atoms with van der Waals surface area (Å²) < 4.78 is 0. The van der Waals surface area contributed by atoms with Crippen LogP contribution in [0.2, 0.25) is 0 Å². The molecule has 2 rings (SSSR count). The van der Waals surface area contributed by atoms with Gasteiger partial charge in [-0.2, -0.15) is 0 Å². The number of fused-ring (bicyclic) bond motifs is 1. The quantitative estimate of drug-likeness (QED) is 0.333. The molecule has 0 unspecified atom stereocenters. The van der Waals surface area contributed by atoms with Crippen molar-refractivity contribution in [3.8, 4) is 0 Å². The van der Waals surface area contributed by atoms with Crippen LogP contribution >= 0.6 is 0 Å². The Morgan fingerprint density at radius 3 is 1.64 bits per heavy atom. The van der Waals surface area contributed by atoms with E-state index in [-0.39, 0.29) is 11.1 Å². The molecule has 132 valence electrons. The molecule has 1 aliphatic rings. The van der Waals surface area contributed by atoms with Crippen LogP contribution in [0.25, 0.3) is 0 Å². The van der Waals surface area contributed by atoms with Crippen LogP contribution in [0, 0.1) is 54.3 Å². The van der Waals surface area contributed by atoms with Crippen LogP contribution in [0.4, 0.5) is 0 Å². The predicted octanol–water partition coefficient (Wildman–Crippen LogP) is 1.76. The first kappa shape index (κ1) is 17.9. The average Bonchev–Trinajstić information content (AvgIpc) is 2.48. The van der Waals surface area contributed by atoms with Crippen molar-refractivity contribution in [3.05, 3.63) is 87.0 Å². The van der Waals surface area contributed by atoms with E-state index in [1.54, 1.807) is 13.8 Å². The van der Waals surface area contributed by atoms with Crippen molar-refractivity contribution in [1.82, 2.24) is 0 Å². The van der Waals surface area contributed by atoms with Crippen LogP contribution in [0.15, 0.2) is 24.3 Å². The smallest absolute Gasteiger partial charge is 0.264 e. The highest BCUT2D eigenvalue weighted by molar-refractivity contribution is 5.46. The Balaban J connectivity index is 2.85. The number of benzene rings is 1. The van der Waals surface area contributed by atoms with E-state index < -0.39 is 37.4 Å². The van der Waals surface area contributed by atoms with Gasteiger partial charge in [-0.05, 0) is 42.7 Å². The third kappa shape index (κ3) is 2.47. The van der Waals surface area contributed by atoms with Gasteiger partial charge < -0.3 is 0 Å². The summed E-state index contributed by atoms with van der Waals surface area (Å²) >= 11 is 0. The van der Waals surface area contributed by atoms with E-state index in [4.69, 9.17) is 0 Å². The van der Waals surface area contributed by atoms with E-state index in [1.165, 1.54) is 12.1 Å². The van der Waals surface area contributed by atoms with Gasteiger partial charge >= 0.3 is 5.79 Å². The highest BCUT2D eigenvalue weighted by Crippen LogP contribution is 2.42. The van der Waals surface area contributed by atoms with Crippen LogP contribution in [0.3, 0.4) is 0 Å². The predicted molar refractivity (Wildman–Crippen MR) is 81.2 cm³/mol. The third-order valence-electron chi connectivity index (χ3n) is 4.29. The lowest BCUT2D eigenvalue weighted by Gasteiger charge is -2.24. The second-order valence-electron chi connectivity index (χ2n) is 5.62. The van der Waals surface area contributed by atoms with Crippen LogP contribution < -0.4 is 0 Å². The second-order valence-corrected chi connectivity index (χ2v) is 5.62. The number of nitro groups is 4. The largest absolute Gasteiger partial charge is 0.710 e. The first-order valence-electron chi connectivity index (χ1n) is 6.91. The summed E-state index contributed by atoms with van der Waals surface area (Å²) in [7, 11) is 0. The molecular formula is C13H12N4O8. The van der Waals surface area contributed by atoms with Crippen LogP contribution in [-0.4, -0.2) is 25.5 Å². The van der Waals surface area contributed by atoms with E-state index in [0.717, 1.165) is 12.2 Å². The number of nitrogens with zero attached hydrogens (tertiary/aromatic N) is 4. The fourth-order valence-electron chi connectivity index (χ4n) is 2.87. The Labute approximate surface area is 139 Å². The molecule has 0 bridgehead atoms. The molecule has 1 aliphatic carbocycles. The zero-order chi connectivity index (χ0) is 19.1. The maximum absolute atomic E-state index is 11.3. The van der Waals surface area contributed by atoms with E-state index >= 15 is 0 Å². The van der Waals surface area contributed by atoms with E-state index in [2.05, 4.69) is 0 Å². The fraction of sp³-hybridized carbons (Fsp3) is 0.385. The van der Waals surface area contributed by atoms with Gasteiger partial charge in [0, 0.05) is 10.5 Å². The van der Waals surface area contributed by atoms with E-state index in [9.17, 15) is 40.5 Å². The SMILES string of the molecule is Cc1cc2c(cc1C)[C@@H]([N+](=O)[O-])C=C[C@H]2C([N+](=O)[O-])([N+](=O)[O-])[N+](=O)[O-]. The normalized spacial score (nSPS) is 19.1. The van der Waals surface area contributed by atoms with Crippen LogP contribution in [-0.2, 0) is 0 Å². The summed E-state index contributed by atoms with van der Waals surface area (Å²) in [5.41, 5.74) is 0.964. The minimum absolute atomic E-state index is 0.0319. The molecule has 0 spiro atoms. The Hall–Kier alpha value is -3.44. The molecule has 12 heteroatoms. The van der Waals surface area contributed by atoms with Gasteiger partial charge in [-0.1, -0.05) is 12.1 Å². The van der Waals surface area contributed by atoms with Crippen molar-refractivity contribution in [2.75, 3.05) is 0 Å². The van der Waals surface area contributed by atoms with E-state index in [1.807, 2.05) is 0 Å². The molecule has 0 amide bonds. The van der Waals surface area contributed by atoms with Gasteiger partial charge in [0.05, 0.1) is 0 Å². The average molecular weight is 352 g/mol. The minimum atomic E-state index is -3.77. The molecule has 0 heterocycles. The summed E-state index contributed by atoms with van der Waals surface area (Å²) in [6.45, 7) is 3.24. The second kappa shape index (κ2) is 5.89. The molecule has 0 radical (unpaired) electrons. The first-order chi connectivity index (χ1) is 11.5.